The van der Waals surface area contributed by atoms with E-state index in [1.165, 1.54) is 0 Å². The van der Waals surface area contributed by atoms with Crippen LogP contribution in [0.4, 0.5) is 14.5 Å². The summed E-state index contributed by atoms with van der Waals surface area (Å²) in [6.07, 6.45) is 0. The van der Waals surface area contributed by atoms with Crippen LogP contribution in [0.25, 0.3) is 0 Å². The smallest absolute Gasteiger partial charge is 0.256 e. The van der Waals surface area contributed by atoms with Crippen LogP contribution in [0.3, 0.4) is 0 Å². The fourth-order valence-corrected chi connectivity index (χ4v) is 1.91. The molecule has 5 heteroatoms. The second-order valence-electron chi connectivity index (χ2n) is 3.57. The Labute approximate surface area is 111 Å². The molecule has 0 unspecified atom stereocenters. The molecule has 0 saturated heterocycles. The lowest BCUT2D eigenvalue weighted by atomic mass is 10.2. The molecule has 0 fully saturated rings. The molecular weight excluding hydrogens is 304 g/mol. The van der Waals surface area contributed by atoms with Gasteiger partial charge in [-0.3, -0.25) is 4.79 Å². The van der Waals surface area contributed by atoms with Crippen molar-refractivity contribution in [3.63, 3.8) is 0 Å². The molecule has 2 aromatic carbocycles. The Morgan fingerprint density at radius 2 is 1.67 bits per heavy atom. The Morgan fingerprint density at radius 3 is 2.33 bits per heavy atom. The molecular formula is C13H8BrF2NO. The molecule has 2 aromatic rings. The van der Waals surface area contributed by atoms with Crippen LogP contribution in [-0.2, 0) is 0 Å². The standard InChI is InChI=1S/C13H8BrF2NO/c14-10-7-12(16)11(15)6-9(10)13(18)17-8-4-2-1-3-5-8/h1-7H,(H,17,18). The molecule has 0 radical (unpaired) electrons. The highest BCUT2D eigenvalue weighted by Gasteiger charge is 2.14. The summed E-state index contributed by atoms with van der Waals surface area (Å²) in [5.74, 6) is -2.57. The number of carbonyl (C=O) groups is 1. The molecule has 0 aliphatic carbocycles. The Bertz CT molecular complexity index is 587. The van der Waals surface area contributed by atoms with E-state index in [-0.39, 0.29) is 10.0 Å². The van der Waals surface area contributed by atoms with Crippen LogP contribution < -0.4 is 5.32 Å². The van der Waals surface area contributed by atoms with Gasteiger partial charge in [0, 0.05) is 10.2 Å². The van der Waals surface area contributed by atoms with Crippen LogP contribution in [0.2, 0.25) is 0 Å². The largest absolute Gasteiger partial charge is 0.322 e. The number of amides is 1. The molecule has 0 heterocycles. The predicted molar refractivity (Wildman–Crippen MR) is 68.5 cm³/mol. The number of carbonyl (C=O) groups excluding carboxylic acids is 1. The maximum atomic E-state index is 13.1. The zero-order chi connectivity index (χ0) is 13.1. The molecule has 2 nitrogen and oxygen atoms in total. The van der Waals surface area contributed by atoms with E-state index in [2.05, 4.69) is 21.2 Å². The van der Waals surface area contributed by atoms with Crippen molar-refractivity contribution in [3.05, 3.63) is 64.1 Å². The maximum Gasteiger partial charge on any atom is 0.256 e. The van der Waals surface area contributed by atoms with Gasteiger partial charge in [-0.1, -0.05) is 18.2 Å². The molecule has 0 saturated carbocycles. The van der Waals surface area contributed by atoms with Gasteiger partial charge in [-0.05, 0) is 40.2 Å². The Morgan fingerprint density at radius 1 is 1.06 bits per heavy atom. The highest BCUT2D eigenvalue weighted by atomic mass is 79.9. The third-order valence-corrected chi connectivity index (χ3v) is 2.94. The zero-order valence-corrected chi connectivity index (χ0v) is 10.7. The molecule has 0 aromatic heterocycles. The average molecular weight is 312 g/mol. The van der Waals surface area contributed by atoms with Gasteiger partial charge in [-0.15, -0.1) is 0 Å². The normalized spacial score (nSPS) is 10.2. The first-order chi connectivity index (χ1) is 8.58. The molecule has 1 N–H and O–H groups in total. The summed E-state index contributed by atoms with van der Waals surface area (Å²) in [5.41, 5.74) is 0.622. The van der Waals surface area contributed by atoms with Gasteiger partial charge < -0.3 is 5.32 Å². The number of hydrogen-bond acceptors (Lipinski definition) is 1. The lowest BCUT2D eigenvalue weighted by Crippen LogP contribution is -2.13. The highest BCUT2D eigenvalue weighted by Crippen LogP contribution is 2.21. The number of halogens is 3. The van der Waals surface area contributed by atoms with E-state index < -0.39 is 17.5 Å². The molecule has 1 amide bonds. The van der Waals surface area contributed by atoms with E-state index in [0.29, 0.717) is 5.69 Å². The van der Waals surface area contributed by atoms with E-state index in [4.69, 9.17) is 0 Å². The summed E-state index contributed by atoms with van der Waals surface area (Å²) in [5, 5.41) is 2.59. The number of benzene rings is 2. The Balaban J connectivity index is 2.27. The molecule has 18 heavy (non-hydrogen) atoms. The van der Waals surface area contributed by atoms with E-state index in [1.807, 2.05) is 6.07 Å². The first-order valence-corrected chi connectivity index (χ1v) is 5.88. The quantitative estimate of drug-likeness (QED) is 0.835. The lowest BCUT2D eigenvalue weighted by Gasteiger charge is -2.07. The monoisotopic (exact) mass is 311 g/mol. The van der Waals surface area contributed by atoms with Crippen molar-refractivity contribution in [1.82, 2.24) is 0 Å². The number of anilines is 1. The second-order valence-corrected chi connectivity index (χ2v) is 4.42. The average Bonchev–Trinajstić information content (AvgIpc) is 2.35. The van der Waals surface area contributed by atoms with Gasteiger partial charge >= 0.3 is 0 Å². The third-order valence-electron chi connectivity index (χ3n) is 2.29. The Hall–Kier alpha value is -1.75. The van der Waals surface area contributed by atoms with Gasteiger partial charge in [0.05, 0.1) is 5.56 Å². The summed E-state index contributed by atoms with van der Waals surface area (Å²) < 4.78 is 26.2. The van der Waals surface area contributed by atoms with E-state index in [1.54, 1.807) is 24.3 Å². The van der Waals surface area contributed by atoms with Gasteiger partial charge in [0.1, 0.15) is 0 Å². The number of rotatable bonds is 2. The van der Waals surface area contributed by atoms with Crippen LogP contribution in [0.15, 0.2) is 46.9 Å². The van der Waals surface area contributed by atoms with Crippen LogP contribution in [0, 0.1) is 11.6 Å². The van der Waals surface area contributed by atoms with Crippen LogP contribution >= 0.6 is 15.9 Å². The van der Waals surface area contributed by atoms with Crippen LogP contribution in [-0.4, -0.2) is 5.91 Å². The third kappa shape index (κ3) is 2.73. The van der Waals surface area contributed by atoms with Crippen molar-refractivity contribution < 1.29 is 13.6 Å². The van der Waals surface area contributed by atoms with Crippen molar-refractivity contribution in [2.75, 3.05) is 5.32 Å². The molecule has 92 valence electrons. The topological polar surface area (TPSA) is 29.1 Å². The first kappa shape index (κ1) is 12.7. The zero-order valence-electron chi connectivity index (χ0n) is 9.08. The minimum atomic E-state index is -1.06. The number of hydrogen-bond donors (Lipinski definition) is 1. The van der Waals surface area contributed by atoms with Gasteiger partial charge in [0.2, 0.25) is 0 Å². The molecule has 0 atom stereocenters. The van der Waals surface area contributed by atoms with Gasteiger partial charge in [0.25, 0.3) is 5.91 Å². The highest BCUT2D eigenvalue weighted by molar-refractivity contribution is 9.10. The predicted octanol–water partition coefficient (Wildman–Crippen LogP) is 3.98. The summed E-state index contributed by atoms with van der Waals surface area (Å²) in [4.78, 5) is 11.9. The second kappa shape index (κ2) is 5.27. The summed E-state index contributed by atoms with van der Waals surface area (Å²) in [7, 11) is 0. The fourth-order valence-electron chi connectivity index (χ4n) is 1.42. The summed E-state index contributed by atoms with van der Waals surface area (Å²) >= 11 is 3.03. The molecule has 0 bridgehead atoms. The number of para-hydroxylation sites is 1. The van der Waals surface area contributed by atoms with Crippen molar-refractivity contribution >= 4 is 27.5 Å². The van der Waals surface area contributed by atoms with E-state index >= 15 is 0 Å². The van der Waals surface area contributed by atoms with Crippen LogP contribution in [0.5, 0.6) is 0 Å². The maximum absolute atomic E-state index is 13.1. The molecule has 0 spiro atoms. The van der Waals surface area contributed by atoms with Gasteiger partial charge in [-0.25, -0.2) is 8.78 Å². The van der Waals surface area contributed by atoms with Gasteiger partial charge in [0.15, 0.2) is 11.6 Å². The fraction of sp³-hybridized carbons (Fsp3) is 0. The SMILES string of the molecule is O=C(Nc1ccccc1)c1cc(F)c(F)cc1Br. The van der Waals surface area contributed by atoms with Crippen molar-refractivity contribution in [3.8, 4) is 0 Å². The van der Waals surface area contributed by atoms with Crippen molar-refractivity contribution in [1.29, 1.82) is 0 Å². The number of nitrogens with one attached hydrogen (secondary N) is 1. The Kier molecular flexibility index (Phi) is 3.72. The lowest BCUT2D eigenvalue weighted by molar-refractivity contribution is 0.102. The van der Waals surface area contributed by atoms with Crippen molar-refractivity contribution in [2.24, 2.45) is 0 Å². The van der Waals surface area contributed by atoms with E-state index in [9.17, 15) is 13.6 Å². The van der Waals surface area contributed by atoms with Gasteiger partial charge in [-0.2, -0.15) is 0 Å². The summed E-state index contributed by atoms with van der Waals surface area (Å²) in [6, 6.07) is 10.5. The minimum Gasteiger partial charge on any atom is -0.322 e. The molecule has 0 aliphatic rings. The molecule has 2 rings (SSSR count). The van der Waals surface area contributed by atoms with Crippen molar-refractivity contribution in [2.45, 2.75) is 0 Å². The minimum absolute atomic E-state index is 0.0396. The first-order valence-electron chi connectivity index (χ1n) is 5.09. The van der Waals surface area contributed by atoms with E-state index in [0.717, 1.165) is 12.1 Å². The summed E-state index contributed by atoms with van der Waals surface area (Å²) in [6.45, 7) is 0. The molecule has 0 aliphatic heterocycles. The van der Waals surface area contributed by atoms with Crippen LogP contribution in [0.1, 0.15) is 10.4 Å².